The number of nitrogens with zero attached hydrogens (tertiary/aromatic N) is 2. The van der Waals surface area contributed by atoms with E-state index >= 15 is 0 Å². The molecule has 35 heavy (non-hydrogen) atoms. The van der Waals surface area contributed by atoms with Crippen LogP contribution in [-0.2, 0) is 11.0 Å². The molecule has 1 amide bonds. The third kappa shape index (κ3) is 7.06. The molecule has 0 atom stereocenters. The van der Waals surface area contributed by atoms with Gasteiger partial charge in [0.25, 0.3) is 0 Å². The molecule has 13 heteroatoms. The van der Waals surface area contributed by atoms with Crippen molar-refractivity contribution >= 4 is 33.8 Å². The van der Waals surface area contributed by atoms with Crippen LogP contribution in [0, 0.1) is 10.1 Å². The van der Waals surface area contributed by atoms with E-state index in [4.69, 9.17) is 0 Å². The Morgan fingerprint density at radius 2 is 1.83 bits per heavy atom. The van der Waals surface area contributed by atoms with Crippen molar-refractivity contribution in [1.29, 1.82) is 0 Å². The third-order valence-electron chi connectivity index (χ3n) is 4.92. The van der Waals surface area contributed by atoms with Gasteiger partial charge in [-0.3, -0.25) is 14.9 Å². The van der Waals surface area contributed by atoms with Crippen molar-refractivity contribution in [2.45, 2.75) is 31.9 Å². The molecule has 0 saturated carbocycles. The summed E-state index contributed by atoms with van der Waals surface area (Å²) >= 11 is 1.27. The van der Waals surface area contributed by atoms with Gasteiger partial charge in [-0.25, -0.2) is 4.98 Å². The molecule has 0 aliphatic rings. The van der Waals surface area contributed by atoms with Crippen molar-refractivity contribution in [2.75, 3.05) is 17.2 Å². The fourth-order valence-electron chi connectivity index (χ4n) is 3.13. The molecule has 0 aliphatic carbocycles. The molecule has 3 rings (SSSR count). The maximum atomic E-state index is 12.6. The molecule has 0 aliphatic heterocycles. The Bertz CT molecular complexity index is 1200. The molecule has 2 aromatic carbocycles. The van der Waals surface area contributed by atoms with E-state index in [2.05, 4.69) is 15.6 Å². The third-order valence-corrected chi connectivity index (χ3v) is 5.72. The van der Waals surface area contributed by atoms with Crippen LogP contribution in [0.15, 0.2) is 41.8 Å². The van der Waals surface area contributed by atoms with E-state index < -0.39 is 33.8 Å². The number of hydrogen-bond donors (Lipinski definition) is 4. The number of phenols is 2. The topological polar surface area (TPSA) is 138 Å². The van der Waals surface area contributed by atoms with Crippen LogP contribution >= 0.6 is 11.3 Å². The first-order valence-corrected chi connectivity index (χ1v) is 11.3. The van der Waals surface area contributed by atoms with Crippen molar-refractivity contribution in [1.82, 2.24) is 4.98 Å². The second-order valence-electron chi connectivity index (χ2n) is 7.52. The number of carbonyl (C=O) groups excluding carboxylic acids is 1. The number of thiazole rings is 1. The van der Waals surface area contributed by atoms with Crippen molar-refractivity contribution in [3.8, 4) is 22.8 Å². The summed E-state index contributed by atoms with van der Waals surface area (Å²) in [4.78, 5) is 26.5. The summed E-state index contributed by atoms with van der Waals surface area (Å²) in [5.41, 5.74) is -0.412. The zero-order chi connectivity index (χ0) is 25.6. The van der Waals surface area contributed by atoms with Gasteiger partial charge in [-0.05, 0) is 43.2 Å². The highest BCUT2D eigenvalue weighted by Crippen LogP contribution is 2.39. The first-order chi connectivity index (χ1) is 16.5. The average Bonchev–Trinajstić information content (AvgIpc) is 3.26. The Labute approximate surface area is 201 Å². The van der Waals surface area contributed by atoms with Crippen LogP contribution in [0.4, 0.5) is 29.7 Å². The molecule has 0 radical (unpaired) electrons. The molecule has 0 unspecified atom stereocenters. The van der Waals surface area contributed by atoms with E-state index in [9.17, 15) is 38.3 Å². The van der Waals surface area contributed by atoms with E-state index in [1.807, 2.05) is 0 Å². The van der Waals surface area contributed by atoms with Crippen LogP contribution in [-0.4, -0.2) is 32.6 Å². The lowest BCUT2D eigenvalue weighted by Gasteiger charge is -2.09. The Kier molecular flexibility index (Phi) is 8.12. The van der Waals surface area contributed by atoms with Gasteiger partial charge in [0.1, 0.15) is 0 Å². The number of anilines is 2. The van der Waals surface area contributed by atoms with Crippen LogP contribution < -0.4 is 10.6 Å². The minimum Gasteiger partial charge on any atom is -0.504 e. The Morgan fingerprint density at radius 1 is 1.11 bits per heavy atom. The Morgan fingerprint density at radius 3 is 2.49 bits per heavy atom. The molecule has 0 spiro atoms. The zero-order valence-electron chi connectivity index (χ0n) is 18.1. The van der Waals surface area contributed by atoms with Crippen LogP contribution in [0.1, 0.15) is 31.2 Å². The van der Waals surface area contributed by atoms with Gasteiger partial charge in [-0.1, -0.05) is 6.42 Å². The monoisotopic (exact) mass is 510 g/mol. The van der Waals surface area contributed by atoms with E-state index in [-0.39, 0.29) is 17.9 Å². The lowest BCUT2D eigenvalue weighted by atomic mass is 10.1. The SMILES string of the molecule is O=C(CCCCCNc1nc(-c2cc(O)c(O)c([N+](=O)[O-])c2)cs1)Nc1ccc(C(F)(F)F)cc1. The molecule has 0 bridgehead atoms. The Hall–Kier alpha value is -3.87. The first-order valence-electron chi connectivity index (χ1n) is 10.4. The van der Waals surface area contributed by atoms with Gasteiger partial charge in [0.05, 0.1) is 16.2 Å². The molecule has 0 saturated heterocycles. The number of aromatic nitrogens is 1. The number of nitro groups is 1. The molecule has 9 nitrogen and oxygen atoms in total. The average molecular weight is 510 g/mol. The number of alkyl halides is 3. The van der Waals surface area contributed by atoms with Crippen molar-refractivity contribution in [3.63, 3.8) is 0 Å². The van der Waals surface area contributed by atoms with E-state index in [0.717, 1.165) is 31.0 Å². The second-order valence-corrected chi connectivity index (χ2v) is 8.38. The molecule has 1 aromatic heterocycles. The molecular weight excluding hydrogens is 489 g/mol. The van der Waals surface area contributed by atoms with Crippen LogP contribution in [0.25, 0.3) is 11.3 Å². The summed E-state index contributed by atoms with van der Waals surface area (Å²) in [5.74, 6) is -1.70. The number of benzene rings is 2. The van der Waals surface area contributed by atoms with Gasteiger partial charge in [-0.15, -0.1) is 11.3 Å². The second kappa shape index (κ2) is 11.0. The number of nitrogens with one attached hydrogen (secondary N) is 2. The number of aromatic hydroxyl groups is 2. The fraction of sp³-hybridized carbons (Fsp3) is 0.273. The fourth-order valence-corrected chi connectivity index (χ4v) is 3.88. The van der Waals surface area contributed by atoms with E-state index in [0.29, 0.717) is 29.5 Å². The number of nitro benzene ring substituents is 1. The molecule has 186 valence electrons. The number of phenolic OH excluding ortho intramolecular Hbond substituents is 2. The van der Waals surface area contributed by atoms with Crippen LogP contribution in [0.2, 0.25) is 0 Å². The van der Waals surface area contributed by atoms with Crippen LogP contribution in [0.5, 0.6) is 11.5 Å². The van der Waals surface area contributed by atoms with Gasteiger partial charge in [0.15, 0.2) is 10.9 Å². The normalized spacial score (nSPS) is 11.3. The smallest absolute Gasteiger partial charge is 0.416 e. The summed E-state index contributed by atoms with van der Waals surface area (Å²) in [6.45, 7) is 0.564. The van der Waals surface area contributed by atoms with E-state index in [1.165, 1.54) is 29.5 Å². The minimum absolute atomic E-state index is 0.228. The summed E-state index contributed by atoms with van der Waals surface area (Å²) in [6.07, 6.45) is -2.15. The van der Waals surface area contributed by atoms with Crippen molar-refractivity contribution in [3.05, 3.63) is 57.5 Å². The first kappa shape index (κ1) is 25.7. The Balaban J connectivity index is 1.39. The highest BCUT2D eigenvalue weighted by atomic mass is 32.1. The number of amides is 1. The van der Waals surface area contributed by atoms with Gasteiger partial charge in [0.2, 0.25) is 11.7 Å². The number of unbranched alkanes of at least 4 members (excludes halogenated alkanes) is 2. The highest BCUT2D eigenvalue weighted by molar-refractivity contribution is 7.14. The molecule has 0 fully saturated rings. The van der Waals surface area contributed by atoms with Gasteiger partial charge in [0, 0.05) is 35.7 Å². The van der Waals surface area contributed by atoms with Crippen molar-refractivity contribution < 1.29 is 33.1 Å². The standard InChI is InChI=1S/C22H21F3N4O5S/c23-22(24,25)14-5-7-15(8-6-14)27-19(31)4-2-1-3-9-26-21-28-16(12-35-21)13-10-17(29(33)34)20(32)18(30)11-13/h5-8,10-12,30,32H,1-4,9H2,(H,26,28)(H,27,31). The number of halogens is 3. The number of rotatable bonds is 10. The predicted octanol–water partition coefficient (Wildman–Crippen LogP) is 5.76. The molecular formula is C22H21F3N4O5S. The van der Waals surface area contributed by atoms with Gasteiger partial charge in [-0.2, -0.15) is 13.2 Å². The maximum Gasteiger partial charge on any atom is 0.416 e. The lowest BCUT2D eigenvalue weighted by Crippen LogP contribution is -2.12. The predicted molar refractivity (Wildman–Crippen MR) is 125 cm³/mol. The molecule has 3 aromatic rings. The van der Waals surface area contributed by atoms with Gasteiger partial charge >= 0.3 is 11.9 Å². The minimum atomic E-state index is -4.42. The lowest BCUT2D eigenvalue weighted by molar-refractivity contribution is -0.385. The summed E-state index contributed by atoms with van der Waals surface area (Å²) < 4.78 is 37.7. The number of carbonyl (C=O) groups is 1. The van der Waals surface area contributed by atoms with Gasteiger partial charge < -0.3 is 20.8 Å². The molecule has 1 heterocycles. The summed E-state index contributed by atoms with van der Waals surface area (Å²) in [7, 11) is 0. The quantitative estimate of drug-likeness (QED) is 0.118. The maximum absolute atomic E-state index is 12.6. The van der Waals surface area contributed by atoms with Crippen molar-refractivity contribution in [2.24, 2.45) is 0 Å². The number of hydrogen-bond acceptors (Lipinski definition) is 8. The highest BCUT2D eigenvalue weighted by Gasteiger charge is 2.30. The summed E-state index contributed by atoms with van der Waals surface area (Å²) in [6, 6.07) is 6.57. The largest absolute Gasteiger partial charge is 0.504 e. The van der Waals surface area contributed by atoms with E-state index in [1.54, 1.807) is 5.38 Å². The molecule has 4 N–H and O–H groups in total. The zero-order valence-corrected chi connectivity index (χ0v) is 18.9. The summed E-state index contributed by atoms with van der Waals surface area (Å²) in [5, 5.41) is 38.2. The van der Waals surface area contributed by atoms with Crippen LogP contribution in [0.3, 0.4) is 0 Å².